The predicted octanol–water partition coefficient (Wildman–Crippen LogP) is 4.62. The van der Waals surface area contributed by atoms with E-state index in [4.69, 9.17) is 0 Å². The smallest absolute Gasteiger partial charge is 0.273 e. The highest BCUT2D eigenvalue weighted by Crippen LogP contribution is 2.27. The first-order chi connectivity index (χ1) is 12.2. The number of anilines is 1. The summed E-state index contributed by atoms with van der Waals surface area (Å²) in [6.07, 6.45) is 0. The van der Waals surface area contributed by atoms with Crippen molar-refractivity contribution in [3.05, 3.63) is 84.3 Å². The first kappa shape index (κ1) is 15.1. The second-order valence-electron chi connectivity index (χ2n) is 5.66. The minimum Gasteiger partial charge on any atom is -0.321 e. The molecule has 0 fully saturated rings. The quantitative estimate of drug-likeness (QED) is 0.575. The molecule has 4 aromatic rings. The Morgan fingerprint density at radius 2 is 1.76 bits per heavy atom. The molecule has 1 aromatic heterocycles. The van der Waals surface area contributed by atoms with Crippen LogP contribution < -0.4 is 5.32 Å². The van der Waals surface area contributed by atoms with Crippen LogP contribution in [0, 0.1) is 5.82 Å². The molecule has 122 valence electrons. The van der Waals surface area contributed by atoms with E-state index >= 15 is 0 Å². The number of carbonyl (C=O) groups is 1. The van der Waals surface area contributed by atoms with Crippen LogP contribution in [-0.2, 0) is 0 Å². The molecular formula is C20H14FN3O. The zero-order valence-electron chi connectivity index (χ0n) is 13.2. The normalized spacial score (nSPS) is 10.8. The van der Waals surface area contributed by atoms with E-state index in [2.05, 4.69) is 15.5 Å². The Kier molecular flexibility index (Phi) is 3.74. The van der Waals surface area contributed by atoms with Crippen molar-refractivity contribution in [1.29, 1.82) is 0 Å². The van der Waals surface area contributed by atoms with Crippen LogP contribution in [0.4, 0.5) is 10.1 Å². The highest BCUT2D eigenvalue weighted by Gasteiger charge is 2.13. The lowest BCUT2D eigenvalue weighted by Gasteiger charge is -2.03. The van der Waals surface area contributed by atoms with Crippen molar-refractivity contribution in [2.45, 2.75) is 0 Å². The molecule has 25 heavy (non-hydrogen) atoms. The van der Waals surface area contributed by atoms with E-state index < -0.39 is 5.82 Å². The molecule has 0 aliphatic rings. The Morgan fingerprint density at radius 3 is 2.64 bits per heavy atom. The van der Waals surface area contributed by atoms with Gasteiger partial charge in [-0.15, -0.1) is 0 Å². The second-order valence-corrected chi connectivity index (χ2v) is 5.66. The molecule has 0 aliphatic heterocycles. The highest BCUT2D eigenvalue weighted by atomic mass is 19.1. The number of aromatic amines is 1. The molecule has 5 heteroatoms. The van der Waals surface area contributed by atoms with E-state index in [1.807, 2.05) is 42.5 Å². The van der Waals surface area contributed by atoms with Gasteiger partial charge in [0, 0.05) is 11.3 Å². The molecule has 2 N–H and O–H groups in total. The molecule has 0 atom stereocenters. The van der Waals surface area contributed by atoms with Crippen LogP contribution >= 0.6 is 0 Å². The number of benzene rings is 3. The molecule has 0 bridgehead atoms. The summed E-state index contributed by atoms with van der Waals surface area (Å²) in [5, 5.41) is 11.8. The zero-order chi connectivity index (χ0) is 17.2. The molecule has 0 aliphatic carbocycles. The number of amides is 1. The van der Waals surface area contributed by atoms with E-state index in [1.165, 1.54) is 12.1 Å². The lowest BCUT2D eigenvalue weighted by molar-refractivity contribution is 0.102. The fraction of sp³-hybridized carbons (Fsp3) is 0. The Morgan fingerprint density at radius 1 is 0.960 bits per heavy atom. The summed E-state index contributed by atoms with van der Waals surface area (Å²) in [4.78, 5) is 12.3. The lowest BCUT2D eigenvalue weighted by Crippen LogP contribution is -2.12. The van der Waals surface area contributed by atoms with Crippen molar-refractivity contribution in [2.75, 3.05) is 5.32 Å². The Bertz CT molecular complexity index is 1070. The molecule has 0 unspecified atom stereocenters. The molecule has 1 amide bonds. The van der Waals surface area contributed by atoms with Crippen molar-refractivity contribution in [1.82, 2.24) is 10.2 Å². The molecular weight excluding hydrogens is 317 g/mol. The average molecular weight is 331 g/mol. The highest BCUT2D eigenvalue weighted by molar-refractivity contribution is 6.04. The van der Waals surface area contributed by atoms with Gasteiger partial charge in [-0.25, -0.2) is 4.39 Å². The Labute approximate surface area is 143 Å². The van der Waals surface area contributed by atoms with Gasteiger partial charge >= 0.3 is 0 Å². The van der Waals surface area contributed by atoms with Crippen LogP contribution in [0.5, 0.6) is 0 Å². The maximum Gasteiger partial charge on any atom is 0.273 e. The standard InChI is InChI=1S/C20H14FN3O/c21-14-7-4-8-15(11-14)22-20(25)19-12-18(23-24-19)17-10-3-6-13-5-1-2-9-16(13)17/h1-12H,(H,22,25)(H,23,24). The van der Waals surface area contributed by atoms with Crippen LogP contribution in [0.25, 0.3) is 22.0 Å². The third kappa shape index (κ3) is 2.99. The maximum atomic E-state index is 13.2. The van der Waals surface area contributed by atoms with E-state index in [0.29, 0.717) is 17.1 Å². The monoisotopic (exact) mass is 331 g/mol. The summed E-state index contributed by atoms with van der Waals surface area (Å²) < 4.78 is 13.2. The van der Waals surface area contributed by atoms with Gasteiger partial charge < -0.3 is 5.32 Å². The molecule has 0 spiro atoms. The van der Waals surface area contributed by atoms with E-state index in [1.54, 1.807) is 18.2 Å². The van der Waals surface area contributed by atoms with Crippen LogP contribution in [0.2, 0.25) is 0 Å². The van der Waals surface area contributed by atoms with Crippen LogP contribution in [0.1, 0.15) is 10.5 Å². The summed E-state index contributed by atoms with van der Waals surface area (Å²) in [5.41, 5.74) is 2.33. The third-order valence-corrected chi connectivity index (χ3v) is 3.97. The number of aromatic nitrogens is 2. The molecule has 0 saturated carbocycles. The van der Waals surface area contributed by atoms with Crippen molar-refractivity contribution in [3.8, 4) is 11.3 Å². The SMILES string of the molecule is O=C(Nc1cccc(F)c1)c1cc(-c2cccc3ccccc23)n[nH]1. The first-order valence-corrected chi connectivity index (χ1v) is 7.81. The number of H-pyrrole nitrogens is 1. The number of nitrogens with zero attached hydrogens (tertiary/aromatic N) is 1. The first-order valence-electron chi connectivity index (χ1n) is 7.81. The van der Waals surface area contributed by atoms with Gasteiger partial charge in [-0.1, -0.05) is 48.5 Å². The predicted molar refractivity (Wildman–Crippen MR) is 95.9 cm³/mol. The van der Waals surface area contributed by atoms with E-state index in [9.17, 15) is 9.18 Å². The number of hydrogen-bond donors (Lipinski definition) is 2. The van der Waals surface area contributed by atoms with Gasteiger partial charge in [0.15, 0.2) is 0 Å². The molecule has 0 saturated heterocycles. The minimum atomic E-state index is -0.404. The number of rotatable bonds is 3. The second kappa shape index (κ2) is 6.20. The summed E-state index contributed by atoms with van der Waals surface area (Å²) in [6, 6.07) is 21.4. The van der Waals surface area contributed by atoms with Gasteiger partial charge in [0.25, 0.3) is 5.91 Å². The number of fused-ring (bicyclic) bond motifs is 1. The van der Waals surface area contributed by atoms with Gasteiger partial charge in [0.1, 0.15) is 11.5 Å². The fourth-order valence-electron chi connectivity index (χ4n) is 2.79. The van der Waals surface area contributed by atoms with E-state index in [0.717, 1.165) is 16.3 Å². The summed E-state index contributed by atoms with van der Waals surface area (Å²) in [7, 11) is 0. The summed E-state index contributed by atoms with van der Waals surface area (Å²) in [6.45, 7) is 0. The van der Waals surface area contributed by atoms with Gasteiger partial charge in [0.2, 0.25) is 0 Å². The fourth-order valence-corrected chi connectivity index (χ4v) is 2.79. The summed E-state index contributed by atoms with van der Waals surface area (Å²) in [5.74, 6) is -0.775. The molecule has 3 aromatic carbocycles. The zero-order valence-corrected chi connectivity index (χ0v) is 13.2. The average Bonchev–Trinajstić information content (AvgIpc) is 3.11. The van der Waals surface area contributed by atoms with Gasteiger partial charge in [0.05, 0.1) is 5.69 Å². The largest absolute Gasteiger partial charge is 0.321 e. The maximum absolute atomic E-state index is 13.2. The number of nitrogens with one attached hydrogen (secondary N) is 2. The van der Waals surface area contributed by atoms with Gasteiger partial charge in [-0.05, 0) is 35.0 Å². The van der Waals surface area contributed by atoms with Crippen LogP contribution in [0.15, 0.2) is 72.8 Å². The minimum absolute atomic E-state index is 0.312. The molecule has 0 radical (unpaired) electrons. The van der Waals surface area contributed by atoms with E-state index in [-0.39, 0.29) is 5.91 Å². The Hall–Kier alpha value is -3.47. The Balaban J connectivity index is 1.64. The van der Waals surface area contributed by atoms with Crippen molar-refractivity contribution >= 4 is 22.4 Å². The molecule has 1 heterocycles. The number of halogens is 1. The third-order valence-electron chi connectivity index (χ3n) is 3.97. The van der Waals surface area contributed by atoms with Crippen molar-refractivity contribution in [2.24, 2.45) is 0 Å². The molecule has 4 nitrogen and oxygen atoms in total. The summed E-state index contributed by atoms with van der Waals surface area (Å²) >= 11 is 0. The van der Waals surface area contributed by atoms with Gasteiger partial charge in [-0.2, -0.15) is 5.10 Å². The van der Waals surface area contributed by atoms with Crippen LogP contribution in [0.3, 0.4) is 0 Å². The molecule has 4 rings (SSSR count). The number of carbonyl (C=O) groups excluding carboxylic acids is 1. The topological polar surface area (TPSA) is 57.8 Å². The lowest BCUT2D eigenvalue weighted by atomic mass is 10.0. The number of hydrogen-bond acceptors (Lipinski definition) is 2. The van der Waals surface area contributed by atoms with Crippen molar-refractivity contribution < 1.29 is 9.18 Å². The van der Waals surface area contributed by atoms with Crippen molar-refractivity contribution in [3.63, 3.8) is 0 Å². The van der Waals surface area contributed by atoms with Gasteiger partial charge in [-0.3, -0.25) is 9.89 Å². The van der Waals surface area contributed by atoms with Crippen LogP contribution in [-0.4, -0.2) is 16.1 Å².